The maximum absolute atomic E-state index is 13.8. The molecule has 0 nitrogen and oxygen atoms in total. The first kappa shape index (κ1) is 22.8. The molecule has 0 radical (unpaired) electrons. The molecule has 1 unspecified atom stereocenters. The van der Waals surface area contributed by atoms with Crippen molar-refractivity contribution < 1.29 is 8.78 Å². The van der Waals surface area contributed by atoms with Crippen molar-refractivity contribution >= 4 is 11.6 Å². The van der Waals surface area contributed by atoms with Crippen molar-refractivity contribution in [2.75, 3.05) is 0 Å². The van der Waals surface area contributed by atoms with Gasteiger partial charge < -0.3 is 0 Å². The zero-order valence-corrected chi connectivity index (χ0v) is 19.4. The zero-order valence-electron chi connectivity index (χ0n) is 18.7. The molecule has 3 heteroatoms. The summed E-state index contributed by atoms with van der Waals surface area (Å²) in [7, 11) is 0. The molecule has 0 saturated heterocycles. The van der Waals surface area contributed by atoms with Gasteiger partial charge in [0.2, 0.25) is 0 Å². The standard InChI is InChI=1S/C28H35ClF2/c1-2-3-4-5-6-19-7-8-24-16-23(14-13-22(24)15-19)20-9-11-21(12-10-20)25-17-26(30)28(29)27(31)18-25/h9-12,17-19,22-24H,2-8,13-16H2,1H3/t19?,22-,23-,24-/m1/s1. The van der Waals surface area contributed by atoms with Gasteiger partial charge in [0.15, 0.2) is 0 Å². The average molecular weight is 445 g/mol. The summed E-state index contributed by atoms with van der Waals surface area (Å²) in [6, 6.07) is 10.9. The Morgan fingerprint density at radius 3 is 2.19 bits per heavy atom. The Balaban J connectivity index is 1.34. The largest absolute Gasteiger partial charge is 0.205 e. The number of hydrogen-bond donors (Lipinski definition) is 0. The van der Waals surface area contributed by atoms with Gasteiger partial charge >= 0.3 is 0 Å². The minimum Gasteiger partial charge on any atom is -0.205 e. The first-order valence-electron chi connectivity index (χ1n) is 12.3. The average Bonchev–Trinajstić information content (AvgIpc) is 2.79. The molecule has 2 aromatic rings. The molecule has 2 aliphatic carbocycles. The predicted molar refractivity (Wildman–Crippen MR) is 126 cm³/mol. The van der Waals surface area contributed by atoms with Crippen LogP contribution in [-0.2, 0) is 0 Å². The number of benzene rings is 2. The van der Waals surface area contributed by atoms with Crippen molar-refractivity contribution in [3.05, 3.63) is 58.6 Å². The Morgan fingerprint density at radius 1 is 0.806 bits per heavy atom. The summed E-state index contributed by atoms with van der Waals surface area (Å²) < 4.78 is 27.6. The number of rotatable bonds is 7. The maximum atomic E-state index is 13.8. The summed E-state index contributed by atoms with van der Waals surface area (Å²) in [6.07, 6.45) is 15.2. The van der Waals surface area contributed by atoms with Crippen LogP contribution >= 0.6 is 11.6 Å². The molecule has 0 aliphatic heterocycles. The molecule has 168 valence electrons. The van der Waals surface area contributed by atoms with E-state index >= 15 is 0 Å². The summed E-state index contributed by atoms with van der Waals surface area (Å²) >= 11 is 5.62. The van der Waals surface area contributed by atoms with Crippen molar-refractivity contribution in [2.45, 2.75) is 83.5 Å². The van der Waals surface area contributed by atoms with Crippen LogP contribution in [0.3, 0.4) is 0 Å². The van der Waals surface area contributed by atoms with E-state index in [1.807, 2.05) is 12.1 Å². The van der Waals surface area contributed by atoms with Crippen LogP contribution in [0.5, 0.6) is 0 Å². The van der Waals surface area contributed by atoms with E-state index in [4.69, 9.17) is 11.6 Å². The lowest BCUT2D eigenvalue weighted by Gasteiger charge is -2.42. The van der Waals surface area contributed by atoms with Crippen LogP contribution in [0, 0.1) is 29.4 Å². The van der Waals surface area contributed by atoms with Gasteiger partial charge in [-0.2, -0.15) is 0 Å². The van der Waals surface area contributed by atoms with Gasteiger partial charge in [-0.25, -0.2) is 8.78 Å². The maximum Gasteiger partial charge on any atom is 0.145 e. The van der Waals surface area contributed by atoms with Gasteiger partial charge in [0.25, 0.3) is 0 Å². The SMILES string of the molecule is CCCCCCC1CC[C@@H]2C[C@H](c3ccc(-c4cc(F)c(Cl)c(F)c4)cc3)CC[C@@H]2C1. The van der Waals surface area contributed by atoms with E-state index in [0.717, 1.165) is 23.3 Å². The second-order valence-corrected chi connectivity index (χ2v) is 10.3. The molecule has 2 aromatic carbocycles. The van der Waals surface area contributed by atoms with E-state index in [-0.39, 0.29) is 0 Å². The molecule has 0 heterocycles. The quantitative estimate of drug-likeness (QED) is 0.294. The highest BCUT2D eigenvalue weighted by Crippen LogP contribution is 2.48. The number of unbranched alkanes of at least 4 members (excludes halogenated alkanes) is 3. The number of hydrogen-bond acceptors (Lipinski definition) is 0. The number of halogens is 3. The highest BCUT2D eigenvalue weighted by atomic mass is 35.5. The normalized spacial score (nSPS) is 25.9. The van der Waals surface area contributed by atoms with Gasteiger partial charge in [-0.3, -0.25) is 0 Å². The minimum absolute atomic E-state index is 0.437. The molecule has 0 bridgehead atoms. The fourth-order valence-electron chi connectivity index (χ4n) is 6.08. The molecule has 0 amide bonds. The first-order valence-corrected chi connectivity index (χ1v) is 12.7. The lowest BCUT2D eigenvalue weighted by Crippen LogP contribution is -2.30. The van der Waals surface area contributed by atoms with Crippen molar-refractivity contribution in [1.82, 2.24) is 0 Å². The molecule has 31 heavy (non-hydrogen) atoms. The second-order valence-electron chi connectivity index (χ2n) is 9.93. The molecule has 0 spiro atoms. The monoisotopic (exact) mass is 444 g/mol. The third-order valence-corrected chi connectivity index (χ3v) is 8.25. The fraction of sp³-hybridized carbons (Fsp3) is 0.571. The van der Waals surface area contributed by atoms with Gasteiger partial charge in [0.05, 0.1) is 0 Å². The summed E-state index contributed by atoms with van der Waals surface area (Å²) in [5.41, 5.74) is 2.74. The van der Waals surface area contributed by atoms with E-state index in [1.165, 1.54) is 88.3 Å². The molecular formula is C28H35ClF2. The van der Waals surface area contributed by atoms with Crippen molar-refractivity contribution in [3.8, 4) is 11.1 Å². The first-order chi connectivity index (χ1) is 15.0. The lowest BCUT2D eigenvalue weighted by molar-refractivity contribution is 0.113. The van der Waals surface area contributed by atoms with Gasteiger partial charge in [-0.15, -0.1) is 0 Å². The molecule has 2 aliphatic rings. The van der Waals surface area contributed by atoms with Crippen LogP contribution in [-0.4, -0.2) is 0 Å². The Hall–Kier alpha value is -1.41. The third-order valence-electron chi connectivity index (χ3n) is 7.89. The Labute approximate surface area is 191 Å². The Kier molecular flexibility index (Phi) is 7.69. The van der Waals surface area contributed by atoms with Crippen LogP contribution in [0.4, 0.5) is 8.78 Å². The smallest absolute Gasteiger partial charge is 0.145 e. The van der Waals surface area contributed by atoms with Crippen molar-refractivity contribution in [2.24, 2.45) is 17.8 Å². The third kappa shape index (κ3) is 5.51. The lowest BCUT2D eigenvalue weighted by atomic mass is 9.63. The summed E-state index contributed by atoms with van der Waals surface area (Å²) in [5.74, 6) is 1.98. The van der Waals surface area contributed by atoms with E-state index in [9.17, 15) is 8.78 Å². The molecule has 4 rings (SSSR count). The summed E-state index contributed by atoms with van der Waals surface area (Å²) in [5, 5.41) is -0.437. The van der Waals surface area contributed by atoms with Gasteiger partial charge in [-0.1, -0.05) is 81.3 Å². The van der Waals surface area contributed by atoms with E-state index in [2.05, 4.69) is 19.1 Å². The van der Waals surface area contributed by atoms with Crippen LogP contribution in [0.15, 0.2) is 36.4 Å². The highest BCUT2D eigenvalue weighted by molar-refractivity contribution is 6.31. The van der Waals surface area contributed by atoms with Crippen LogP contribution in [0.2, 0.25) is 5.02 Å². The fourth-order valence-corrected chi connectivity index (χ4v) is 6.19. The Bertz CT molecular complexity index is 837. The molecule has 0 aromatic heterocycles. The molecule has 2 fully saturated rings. The zero-order chi connectivity index (χ0) is 21.8. The van der Waals surface area contributed by atoms with Crippen molar-refractivity contribution in [3.63, 3.8) is 0 Å². The van der Waals surface area contributed by atoms with E-state index in [0.29, 0.717) is 11.5 Å². The highest BCUT2D eigenvalue weighted by Gasteiger charge is 2.35. The number of fused-ring (bicyclic) bond motifs is 1. The van der Waals surface area contributed by atoms with Gasteiger partial charge in [-0.05, 0) is 84.6 Å². The topological polar surface area (TPSA) is 0 Å². The van der Waals surface area contributed by atoms with Crippen molar-refractivity contribution in [1.29, 1.82) is 0 Å². The molecular weight excluding hydrogens is 410 g/mol. The van der Waals surface area contributed by atoms with Gasteiger partial charge in [0.1, 0.15) is 16.7 Å². The molecule has 2 saturated carbocycles. The second kappa shape index (κ2) is 10.5. The Morgan fingerprint density at radius 2 is 1.48 bits per heavy atom. The predicted octanol–water partition coefficient (Wildman–Crippen LogP) is 9.56. The van der Waals surface area contributed by atoms with E-state index < -0.39 is 16.7 Å². The van der Waals surface area contributed by atoms with E-state index in [1.54, 1.807) is 0 Å². The van der Waals surface area contributed by atoms with Crippen LogP contribution in [0.1, 0.15) is 89.0 Å². The minimum atomic E-state index is -0.708. The molecule has 0 N–H and O–H groups in total. The summed E-state index contributed by atoms with van der Waals surface area (Å²) in [4.78, 5) is 0. The van der Waals surface area contributed by atoms with Crippen LogP contribution < -0.4 is 0 Å². The molecule has 4 atom stereocenters. The van der Waals surface area contributed by atoms with Gasteiger partial charge in [0, 0.05) is 0 Å². The van der Waals surface area contributed by atoms with Crippen LogP contribution in [0.25, 0.3) is 11.1 Å². The summed E-state index contributed by atoms with van der Waals surface area (Å²) in [6.45, 7) is 2.29.